The standard InChI is InChI=1S/C7H10N2O2S/c1-4-5(6(10)11)12-7(8-4)9(2)3/h1-3H3,(H,10,11). The molecule has 1 aromatic rings. The fourth-order valence-corrected chi connectivity index (χ4v) is 1.60. The van der Waals surface area contributed by atoms with Gasteiger partial charge in [0, 0.05) is 14.1 Å². The molecular formula is C7H10N2O2S. The van der Waals surface area contributed by atoms with Crippen molar-refractivity contribution in [2.75, 3.05) is 19.0 Å². The van der Waals surface area contributed by atoms with Crippen LogP contribution < -0.4 is 4.90 Å². The van der Waals surface area contributed by atoms with Gasteiger partial charge < -0.3 is 10.0 Å². The summed E-state index contributed by atoms with van der Waals surface area (Å²) < 4.78 is 0. The molecule has 0 aliphatic heterocycles. The summed E-state index contributed by atoms with van der Waals surface area (Å²) >= 11 is 1.19. The molecule has 0 aromatic carbocycles. The Morgan fingerprint density at radius 3 is 2.42 bits per heavy atom. The first-order valence-corrected chi connectivity index (χ1v) is 4.22. The monoisotopic (exact) mass is 186 g/mol. The van der Waals surface area contributed by atoms with Gasteiger partial charge in [0.2, 0.25) is 0 Å². The fourth-order valence-electron chi connectivity index (χ4n) is 0.772. The maximum Gasteiger partial charge on any atom is 0.347 e. The number of aryl methyl sites for hydroxylation is 1. The highest BCUT2D eigenvalue weighted by molar-refractivity contribution is 7.17. The Kier molecular flexibility index (Phi) is 2.32. The smallest absolute Gasteiger partial charge is 0.347 e. The number of aromatic nitrogens is 1. The average molecular weight is 186 g/mol. The van der Waals surface area contributed by atoms with Crippen molar-refractivity contribution < 1.29 is 9.90 Å². The van der Waals surface area contributed by atoms with E-state index in [2.05, 4.69) is 4.98 Å². The lowest BCUT2D eigenvalue weighted by molar-refractivity contribution is 0.0701. The molecule has 0 aliphatic rings. The molecule has 0 saturated heterocycles. The predicted molar refractivity (Wildman–Crippen MR) is 48.1 cm³/mol. The molecule has 0 unspecified atom stereocenters. The van der Waals surface area contributed by atoms with E-state index in [0.29, 0.717) is 10.6 Å². The number of thiazole rings is 1. The largest absolute Gasteiger partial charge is 0.477 e. The third-order valence-corrected chi connectivity index (χ3v) is 2.68. The molecular weight excluding hydrogens is 176 g/mol. The van der Waals surface area contributed by atoms with Crippen LogP contribution >= 0.6 is 11.3 Å². The second-order valence-electron chi connectivity index (χ2n) is 2.61. The van der Waals surface area contributed by atoms with Crippen molar-refractivity contribution in [1.82, 2.24) is 4.98 Å². The van der Waals surface area contributed by atoms with E-state index in [1.807, 2.05) is 14.1 Å². The van der Waals surface area contributed by atoms with Crippen LogP contribution in [0.25, 0.3) is 0 Å². The second kappa shape index (κ2) is 3.10. The highest BCUT2D eigenvalue weighted by atomic mass is 32.1. The van der Waals surface area contributed by atoms with Gasteiger partial charge in [0.05, 0.1) is 5.69 Å². The zero-order chi connectivity index (χ0) is 9.30. The summed E-state index contributed by atoms with van der Waals surface area (Å²) in [4.78, 5) is 16.8. The number of carbonyl (C=O) groups is 1. The molecule has 0 aliphatic carbocycles. The molecule has 1 rings (SSSR count). The molecule has 66 valence electrons. The Hall–Kier alpha value is -1.10. The van der Waals surface area contributed by atoms with Gasteiger partial charge in [-0.15, -0.1) is 0 Å². The highest BCUT2D eigenvalue weighted by Gasteiger charge is 2.14. The Morgan fingerprint density at radius 1 is 1.58 bits per heavy atom. The van der Waals surface area contributed by atoms with Crippen molar-refractivity contribution in [2.45, 2.75) is 6.92 Å². The second-order valence-corrected chi connectivity index (χ2v) is 3.59. The normalized spacial score (nSPS) is 9.92. The van der Waals surface area contributed by atoms with Crippen molar-refractivity contribution in [3.05, 3.63) is 10.6 Å². The number of rotatable bonds is 2. The van der Waals surface area contributed by atoms with Gasteiger partial charge in [-0.2, -0.15) is 0 Å². The first kappa shape index (κ1) is 8.99. The third kappa shape index (κ3) is 1.55. The van der Waals surface area contributed by atoms with Crippen molar-refractivity contribution in [3.63, 3.8) is 0 Å². The highest BCUT2D eigenvalue weighted by Crippen LogP contribution is 2.23. The molecule has 1 heterocycles. The summed E-state index contributed by atoms with van der Waals surface area (Å²) in [5, 5.41) is 9.44. The van der Waals surface area contributed by atoms with Crippen LogP contribution in [-0.4, -0.2) is 30.2 Å². The summed E-state index contributed by atoms with van der Waals surface area (Å²) in [5.74, 6) is -0.905. The van der Waals surface area contributed by atoms with Crippen molar-refractivity contribution in [1.29, 1.82) is 0 Å². The molecule has 1 N–H and O–H groups in total. The van der Waals surface area contributed by atoms with Crippen LogP contribution in [0.15, 0.2) is 0 Å². The van der Waals surface area contributed by atoms with E-state index in [1.165, 1.54) is 11.3 Å². The lowest BCUT2D eigenvalue weighted by atomic mass is 10.4. The molecule has 0 amide bonds. The zero-order valence-corrected chi connectivity index (χ0v) is 7.97. The van der Waals surface area contributed by atoms with Crippen LogP contribution in [0.5, 0.6) is 0 Å². The Labute approximate surface area is 74.5 Å². The van der Waals surface area contributed by atoms with E-state index in [9.17, 15) is 4.79 Å². The van der Waals surface area contributed by atoms with Crippen LogP contribution in [0.3, 0.4) is 0 Å². The van der Waals surface area contributed by atoms with Crippen molar-refractivity contribution in [3.8, 4) is 0 Å². The van der Waals surface area contributed by atoms with Crippen molar-refractivity contribution >= 4 is 22.4 Å². The van der Waals surface area contributed by atoms with Gasteiger partial charge in [-0.3, -0.25) is 0 Å². The third-order valence-electron chi connectivity index (χ3n) is 1.36. The maximum absolute atomic E-state index is 10.6. The summed E-state index contributed by atoms with van der Waals surface area (Å²) in [6.07, 6.45) is 0. The van der Waals surface area contributed by atoms with Gasteiger partial charge >= 0.3 is 5.97 Å². The topological polar surface area (TPSA) is 53.4 Å². The van der Waals surface area contributed by atoms with Gasteiger partial charge in [0.1, 0.15) is 4.88 Å². The molecule has 0 atom stereocenters. The minimum atomic E-state index is -0.905. The maximum atomic E-state index is 10.6. The van der Waals surface area contributed by atoms with E-state index in [-0.39, 0.29) is 0 Å². The molecule has 12 heavy (non-hydrogen) atoms. The van der Waals surface area contributed by atoms with Gasteiger partial charge in [-0.25, -0.2) is 9.78 Å². The van der Waals surface area contributed by atoms with Crippen LogP contribution in [0.4, 0.5) is 5.13 Å². The molecule has 0 spiro atoms. The zero-order valence-electron chi connectivity index (χ0n) is 7.16. The minimum Gasteiger partial charge on any atom is -0.477 e. The van der Waals surface area contributed by atoms with Gasteiger partial charge in [0.15, 0.2) is 5.13 Å². The molecule has 0 fully saturated rings. The number of nitrogens with zero attached hydrogens (tertiary/aromatic N) is 2. The van der Waals surface area contributed by atoms with Crippen molar-refractivity contribution in [2.24, 2.45) is 0 Å². The Bertz CT molecular complexity index is 306. The van der Waals surface area contributed by atoms with E-state index in [1.54, 1.807) is 11.8 Å². The number of aromatic carboxylic acids is 1. The summed E-state index contributed by atoms with van der Waals surface area (Å²) in [7, 11) is 3.67. The number of carboxylic acids is 1. The fraction of sp³-hybridized carbons (Fsp3) is 0.429. The minimum absolute atomic E-state index is 0.318. The SMILES string of the molecule is Cc1nc(N(C)C)sc1C(=O)O. The lowest BCUT2D eigenvalue weighted by Crippen LogP contribution is -2.07. The van der Waals surface area contributed by atoms with E-state index in [0.717, 1.165) is 5.13 Å². The summed E-state index contributed by atoms with van der Waals surface area (Å²) in [6.45, 7) is 1.70. The molecule has 1 aromatic heterocycles. The lowest BCUT2D eigenvalue weighted by Gasteiger charge is -2.04. The number of anilines is 1. The molecule has 5 heteroatoms. The van der Waals surface area contributed by atoms with Crippen LogP contribution in [0, 0.1) is 6.92 Å². The molecule has 0 radical (unpaired) electrons. The van der Waals surface area contributed by atoms with E-state index in [4.69, 9.17) is 5.11 Å². The number of hydrogen-bond acceptors (Lipinski definition) is 4. The van der Waals surface area contributed by atoms with Gasteiger partial charge in [0.25, 0.3) is 0 Å². The van der Waals surface area contributed by atoms with Crippen LogP contribution in [-0.2, 0) is 0 Å². The van der Waals surface area contributed by atoms with Gasteiger partial charge in [-0.1, -0.05) is 11.3 Å². The first-order chi connectivity index (χ1) is 5.52. The van der Waals surface area contributed by atoms with E-state index >= 15 is 0 Å². The summed E-state index contributed by atoms with van der Waals surface area (Å²) in [5.41, 5.74) is 0.580. The molecule has 0 saturated carbocycles. The average Bonchev–Trinajstić information content (AvgIpc) is 2.30. The van der Waals surface area contributed by atoms with Crippen LogP contribution in [0.1, 0.15) is 15.4 Å². The Morgan fingerprint density at radius 2 is 2.17 bits per heavy atom. The van der Waals surface area contributed by atoms with Crippen LogP contribution in [0.2, 0.25) is 0 Å². The molecule has 0 bridgehead atoms. The predicted octanol–water partition coefficient (Wildman–Crippen LogP) is 1.22. The number of carboxylic acid groups (broad SMARTS) is 1. The quantitative estimate of drug-likeness (QED) is 0.754. The first-order valence-electron chi connectivity index (χ1n) is 3.40. The van der Waals surface area contributed by atoms with E-state index < -0.39 is 5.97 Å². The number of hydrogen-bond donors (Lipinski definition) is 1. The van der Waals surface area contributed by atoms with Gasteiger partial charge in [-0.05, 0) is 6.92 Å². The summed E-state index contributed by atoms with van der Waals surface area (Å²) in [6, 6.07) is 0. The Balaban J connectivity index is 3.09. The molecule has 4 nitrogen and oxygen atoms in total.